The lowest BCUT2D eigenvalue weighted by Gasteiger charge is -2.06. The van der Waals surface area contributed by atoms with E-state index in [1.807, 2.05) is 18.2 Å². The highest BCUT2D eigenvalue weighted by atomic mass is 16.2. The van der Waals surface area contributed by atoms with Crippen molar-refractivity contribution in [2.45, 2.75) is 19.8 Å². The van der Waals surface area contributed by atoms with Gasteiger partial charge >= 0.3 is 0 Å². The van der Waals surface area contributed by atoms with Gasteiger partial charge in [0, 0.05) is 36.6 Å². The van der Waals surface area contributed by atoms with Crippen molar-refractivity contribution < 1.29 is 9.59 Å². The minimum atomic E-state index is -0.133. The molecular formula is C17H19N3O2. The molecule has 0 unspecified atom stereocenters. The van der Waals surface area contributed by atoms with Gasteiger partial charge in [-0.05, 0) is 49.2 Å². The number of carbonyl (C=O) groups is 2. The maximum atomic E-state index is 12.0. The lowest BCUT2D eigenvalue weighted by atomic mass is 10.2. The fourth-order valence-electron chi connectivity index (χ4n) is 2.03. The Morgan fingerprint density at radius 3 is 2.50 bits per heavy atom. The Balaban J connectivity index is 1.76. The molecule has 0 radical (unpaired) electrons. The zero-order chi connectivity index (χ0) is 15.8. The lowest BCUT2D eigenvalue weighted by molar-refractivity contribution is -0.114. The third kappa shape index (κ3) is 5.01. The van der Waals surface area contributed by atoms with Crippen LogP contribution in [-0.2, 0) is 11.2 Å². The summed E-state index contributed by atoms with van der Waals surface area (Å²) in [6, 6.07) is 12.6. The number of amides is 2. The van der Waals surface area contributed by atoms with Crippen LogP contribution in [-0.4, -0.2) is 23.3 Å². The van der Waals surface area contributed by atoms with Crippen LogP contribution in [0.25, 0.3) is 0 Å². The topological polar surface area (TPSA) is 71.1 Å². The molecule has 0 fully saturated rings. The Morgan fingerprint density at radius 1 is 1.09 bits per heavy atom. The van der Waals surface area contributed by atoms with Gasteiger partial charge in [0.15, 0.2) is 0 Å². The molecule has 0 bridgehead atoms. The molecule has 1 aromatic heterocycles. The van der Waals surface area contributed by atoms with Gasteiger partial charge in [0.2, 0.25) is 5.91 Å². The average molecular weight is 297 g/mol. The smallest absolute Gasteiger partial charge is 0.251 e. The highest BCUT2D eigenvalue weighted by molar-refractivity contribution is 5.95. The SMILES string of the molecule is CC(=O)Nc1ccc(C(=O)NCCCc2ccccn2)cc1. The highest BCUT2D eigenvalue weighted by Gasteiger charge is 2.05. The number of nitrogens with zero attached hydrogens (tertiary/aromatic N) is 1. The maximum Gasteiger partial charge on any atom is 0.251 e. The van der Waals surface area contributed by atoms with Crippen LogP contribution < -0.4 is 10.6 Å². The summed E-state index contributed by atoms with van der Waals surface area (Å²) in [5, 5.41) is 5.54. The van der Waals surface area contributed by atoms with Gasteiger partial charge in [0.05, 0.1) is 0 Å². The van der Waals surface area contributed by atoms with Crippen molar-refractivity contribution in [3.05, 3.63) is 59.9 Å². The van der Waals surface area contributed by atoms with Crippen molar-refractivity contribution >= 4 is 17.5 Å². The van der Waals surface area contributed by atoms with Gasteiger partial charge in [-0.25, -0.2) is 0 Å². The zero-order valence-electron chi connectivity index (χ0n) is 12.5. The van der Waals surface area contributed by atoms with Crippen LogP contribution in [0, 0.1) is 0 Å². The number of pyridine rings is 1. The molecular weight excluding hydrogens is 278 g/mol. The third-order valence-corrected chi connectivity index (χ3v) is 3.09. The van der Waals surface area contributed by atoms with Crippen LogP contribution in [0.4, 0.5) is 5.69 Å². The maximum absolute atomic E-state index is 12.0. The molecule has 1 aromatic carbocycles. The summed E-state index contributed by atoms with van der Waals surface area (Å²) in [7, 11) is 0. The molecule has 1 heterocycles. The molecule has 22 heavy (non-hydrogen) atoms. The van der Waals surface area contributed by atoms with Gasteiger partial charge in [0.1, 0.15) is 0 Å². The van der Waals surface area contributed by atoms with Crippen molar-refractivity contribution in [3.63, 3.8) is 0 Å². The van der Waals surface area contributed by atoms with Crippen LogP contribution in [0.15, 0.2) is 48.7 Å². The fourth-order valence-corrected chi connectivity index (χ4v) is 2.03. The zero-order valence-corrected chi connectivity index (χ0v) is 12.5. The molecule has 114 valence electrons. The van der Waals surface area contributed by atoms with E-state index in [-0.39, 0.29) is 11.8 Å². The first-order chi connectivity index (χ1) is 10.6. The Bertz CT molecular complexity index is 624. The number of hydrogen-bond acceptors (Lipinski definition) is 3. The summed E-state index contributed by atoms with van der Waals surface area (Å²) in [6.07, 6.45) is 3.44. The van der Waals surface area contributed by atoms with Crippen LogP contribution in [0.5, 0.6) is 0 Å². The van der Waals surface area contributed by atoms with Crippen LogP contribution in [0.2, 0.25) is 0 Å². The molecule has 0 aliphatic carbocycles. The fraction of sp³-hybridized carbons (Fsp3) is 0.235. The average Bonchev–Trinajstić information content (AvgIpc) is 2.52. The minimum absolute atomic E-state index is 0.115. The molecule has 0 atom stereocenters. The Hall–Kier alpha value is -2.69. The van der Waals surface area contributed by atoms with E-state index in [9.17, 15) is 9.59 Å². The van der Waals surface area contributed by atoms with Crippen molar-refractivity contribution in [1.29, 1.82) is 0 Å². The first-order valence-corrected chi connectivity index (χ1v) is 7.21. The summed E-state index contributed by atoms with van der Waals surface area (Å²) >= 11 is 0. The summed E-state index contributed by atoms with van der Waals surface area (Å²) in [5.74, 6) is -0.248. The summed E-state index contributed by atoms with van der Waals surface area (Å²) < 4.78 is 0. The Kier molecular flexibility index (Phi) is 5.65. The van der Waals surface area contributed by atoms with Crippen LogP contribution >= 0.6 is 0 Å². The van der Waals surface area contributed by atoms with Crippen molar-refractivity contribution in [1.82, 2.24) is 10.3 Å². The first kappa shape index (κ1) is 15.7. The molecule has 0 saturated heterocycles. The van der Waals surface area contributed by atoms with E-state index < -0.39 is 0 Å². The number of carbonyl (C=O) groups excluding carboxylic acids is 2. The van der Waals surface area contributed by atoms with Gasteiger partial charge < -0.3 is 10.6 Å². The van der Waals surface area contributed by atoms with E-state index in [1.54, 1.807) is 30.5 Å². The van der Waals surface area contributed by atoms with Gasteiger partial charge in [-0.1, -0.05) is 6.07 Å². The number of hydrogen-bond donors (Lipinski definition) is 2. The molecule has 2 rings (SSSR count). The molecule has 2 aromatic rings. The highest BCUT2D eigenvalue weighted by Crippen LogP contribution is 2.09. The molecule has 0 saturated carbocycles. The summed E-state index contributed by atoms with van der Waals surface area (Å²) in [5.41, 5.74) is 2.28. The second-order valence-electron chi connectivity index (χ2n) is 4.94. The van der Waals surface area contributed by atoms with E-state index in [4.69, 9.17) is 0 Å². The molecule has 2 N–H and O–H groups in total. The third-order valence-electron chi connectivity index (χ3n) is 3.09. The number of nitrogens with one attached hydrogen (secondary N) is 2. The largest absolute Gasteiger partial charge is 0.352 e. The van der Waals surface area contributed by atoms with Gasteiger partial charge in [-0.3, -0.25) is 14.6 Å². The quantitative estimate of drug-likeness (QED) is 0.804. The molecule has 2 amide bonds. The number of benzene rings is 1. The van der Waals surface area contributed by atoms with Crippen molar-refractivity contribution in [2.24, 2.45) is 0 Å². The lowest BCUT2D eigenvalue weighted by Crippen LogP contribution is -2.24. The van der Waals surface area contributed by atoms with Gasteiger partial charge in [0.25, 0.3) is 5.91 Å². The summed E-state index contributed by atoms with van der Waals surface area (Å²) in [4.78, 5) is 27.1. The predicted octanol–water partition coefficient (Wildman–Crippen LogP) is 2.40. The molecule has 0 aliphatic rings. The number of anilines is 1. The molecule has 0 spiro atoms. The van der Waals surface area contributed by atoms with Crippen LogP contribution in [0.1, 0.15) is 29.4 Å². The first-order valence-electron chi connectivity index (χ1n) is 7.21. The standard InChI is InChI=1S/C17H19N3O2/c1-13(21)20-16-9-7-14(8-10-16)17(22)19-12-4-6-15-5-2-3-11-18-15/h2-3,5,7-11H,4,6,12H2,1H3,(H,19,22)(H,20,21). The Morgan fingerprint density at radius 2 is 1.86 bits per heavy atom. The van der Waals surface area contributed by atoms with Gasteiger partial charge in [-0.15, -0.1) is 0 Å². The monoisotopic (exact) mass is 297 g/mol. The predicted molar refractivity (Wildman–Crippen MR) is 85.6 cm³/mol. The second-order valence-corrected chi connectivity index (χ2v) is 4.94. The molecule has 0 aliphatic heterocycles. The number of rotatable bonds is 6. The second kappa shape index (κ2) is 7.93. The van der Waals surface area contributed by atoms with Gasteiger partial charge in [-0.2, -0.15) is 0 Å². The van der Waals surface area contributed by atoms with E-state index >= 15 is 0 Å². The van der Waals surface area contributed by atoms with E-state index in [0.717, 1.165) is 18.5 Å². The van der Waals surface area contributed by atoms with E-state index in [1.165, 1.54) is 6.92 Å². The normalized spacial score (nSPS) is 10.0. The van der Waals surface area contributed by atoms with E-state index in [2.05, 4.69) is 15.6 Å². The van der Waals surface area contributed by atoms with E-state index in [0.29, 0.717) is 17.8 Å². The van der Waals surface area contributed by atoms with Crippen molar-refractivity contribution in [3.8, 4) is 0 Å². The van der Waals surface area contributed by atoms with Crippen LogP contribution in [0.3, 0.4) is 0 Å². The van der Waals surface area contributed by atoms with Crippen molar-refractivity contribution in [2.75, 3.05) is 11.9 Å². The Labute approximate surface area is 129 Å². The molecule has 5 nitrogen and oxygen atoms in total. The summed E-state index contributed by atoms with van der Waals surface area (Å²) in [6.45, 7) is 2.05. The number of aromatic nitrogens is 1. The number of aryl methyl sites for hydroxylation is 1. The molecule has 5 heteroatoms. The minimum Gasteiger partial charge on any atom is -0.352 e.